The highest BCUT2D eigenvalue weighted by molar-refractivity contribution is 5.60. The summed E-state index contributed by atoms with van der Waals surface area (Å²) in [5.74, 6) is 1.35. The molecule has 1 aliphatic rings. The van der Waals surface area contributed by atoms with Gasteiger partial charge in [0.2, 0.25) is 6.29 Å². The average Bonchev–Trinajstić information content (AvgIpc) is 2.82. The van der Waals surface area contributed by atoms with Crippen molar-refractivity contribution in [3.63, 3.8) is 0 Å². The predicted molar refractivity (Wildman–Crippen MR) is 151 cm³/mol. The second-order valence-electron chi connectivity index (χ2n) is 11.8. The molecule has 4 heteroatoms. The summed E-state index contributed by atoms with van der Waals surface area (Å²) < 4.78 is 13.7. The van der Waals surface area contributed by atoms with Gasteiger partial charge in [0.1, 0.15) is 5.75 Å². The van der Waals surface area contributed by atoms with E-state index in [1.165, 1.54) is 0 Å². The molecule has 3 aromatic carbocycles. The van der Waals surface area contributed by atoms with E-state index in [0.717, 1.165) is 46.7 Å². The molecule has 0 radical (unpaired) electrons. The molecule has 1 heterocycles. The van der Waals surface area contributed by atoms with Crippen molar-refractivity contribution < 1.29 is 9.47 Å². The number of hydrogen-bond donors (Lipinski definition) is 0. The molecular weight excluding hydrogens is 444 g/mol. The minimum absolute atomic E-state index is 0.253. The van der Waals surface area contributed by atoms with E-state index < -0.39 is 5.60 Å². The zero-order valence-corrected chi connectivity index (χ0v) is 23.2. The van der Waals surface area contributed by atoms with Gasteiger partial charge in [-0.05, 0) is 59.2 Å². The van der Waals surface area contributed by atoms with Crippen molar-refractivity contribution in [2.24, 2.45) is 11.3 Å². The Morgan fingerprint density at radius 3 is 1.89 bits per heavy atom. The second-order valence-corrected chi connectivity index (χ2v) is 11.8. The van der Waals surface area contributed by atoms with Gasteiger partial charge in [-0.3, -0.25) is 0 Å². The minimum atomic E-state index is -0.793. The van der Waals surface area contributed by atoms with Crippen molar-refractivity contribution in [2.75, 3.05) is 38.0 Å². The van der Waals surface area contributed by atoms with Crippen molar-refractivity contribution in [2.45, 2.75) is 52.4 Å². The van der Waals surface area contributed by atoms with Crippen molar-refractivity contribution >= 4 is 11.4 Å². The Balaban J connectivity index is 1.92. The number of anilines is 2. The van der Waals surface area contributed by atoms with Crippen LogP contribution in [0.2, 0.25) is 0 Å². The molecule has 2 atom stereocenters. The molecular formula is C32H42N2O2. The van der Waals surface area contributed by atoms with Crippen LogP contribution in [0.1, 0.15) is 57.2 Å². The molecule has 36 heavy (non-hydrogen) atoms. The SMILES string of the molecule is CC(CC1Oc2ccccc2C(c2cccc(N(C)C)c2)(c2cccc(N(C)C)c2)O1)CC(C)(C)C. The quantitative estimate of drug-likeness (QED) is 0.350. The number of para-hydroxylation sites is 1. The lowest BCUT2D eigenvalue weighted by Gasteiger charge is -2.44. The van der Waals surface area contributed by atoms with Gasteiger partial charge in [-0.25, -0.2) is 0 Å². The van der Waals surface area contributed by atoms with E-state index in [2.05, 4.69) is 138 Å². The molecule has 4 nitrogen and oxygen atoms in total. The molecule has 0 N–H and O–H groups in total. The first-order chi connectivity index (χ1) is 17.0. The van der Waals surface area contributed by atoms with Gasteiger partial charge < -0.3 is 19.3 Å². The number of nitrogens with zero attached hydrogens (tertiary/aromatic N) is 2. The fraction of sp³-hybridized carbons (Fsp3) is 0.438. The molecule has 0 spiro atoms. The van der Waals surface area contributed by atoms with Gasteiger partial charge in [-0.15, -0.1) is 0 Å². The molecule has 1 aliphatic heterocycles. The molecule has 192 valence electrons. The van der Waals surface area contributed by atoms with Crippen molar-refractivity contribution in [1.82, 2.24) is 0 Å². The van der Waals surface area contributed by atoms with Crippen LogP contribution >= 0.6 is 0 Å². The summed E-state index contributed by atoms with van der Waals surface area (Å²) in [4.78, 5) is 4.28. The van der Waals surface area contributed by atoms with Crippen LogP contribution < -0.4 is 14.5 Å². The maximum atomic E-state index is 7.17. The topological polar surface area (TPSA) is 24.9 Å². The Morgan fingerprint density at radius 1 is 0.806 bits per heavy atom. The summed E-state index contributed by atoms with van der Waals surface area (Å²) in [5, 5.41) is 0. The Kier molecular flexibility index (Phi) is 7.38. The lowest BCUT2D eigenvalue weighted by Crippen LogP contribution is -2.44. The Morgan fingerprint density at radius 2 is 1.36 bits per heavy atom. The second kappa shape index (κ2) is 10.2. The van der Waals surface area contributed by atoms with Crippen LogP contribution in [0.15, 0.2) is 72.8 Å². The van der Waals surface area contributed by atoms with Crippen LogP contribution in [0.4, 0.5) is 11.4 Å². The number of fused-ring (bicyclic) bond motifs is 1. The monoisotopic (exact) mass is 486 g/mol. The van der Waals surface area contributed by atoms with E-state index >= 15 is 0 Å². The molecule has 0 amide bonds. The highest BCUT2D eigenvalue weighted by Crippen LogP contribution is 2.50. The zero-order valence-electron chi connectivity index (χ0n) is 23.2. The van der Waals surface area contributed by atoms with E-state index in [1.807, 2.05) is 0 Å². The third-order valence-electron chi connectivity index (χ3n) is 6.93. The van der Waals surface area contributed by atoms with Crippen molar-refractivity contribution in [3.8, 4) is 5.75 Å². The van der Waals surface area contributed by atoms with Crippen LogP contribution in [0.5, 0.6) is 5.75 Å². The highest BCUT2D eigenvalue weighted by Gasteiger charge is 2.46. The first-order valence-corrected chi connectivity index (χ1v) is 13.0. The summed E-state index contributed by atoms with van der Waals surface area (Å²) in [7, 11) is 8.31. The van der Waals surface area contributed by atoms with Gasteiger partial charge in [0, 0.05) is 51.5 Å². The fourth-order valence-electron chi connectivity index (χ4n) is 5.46. The van der Waals surface area contributed by atoms with Crippen LogP contribution in [0.25, 0.3) is 0 Å². The lowest BCUT2D eigenvalue weighted by atomic mass is 9.78. The summed E-state index contributed by atoms with van der Waals surface area (Å²) in [6.07, 6.45) is 1.58. The molecule has 4 rings (SSSR count). The smallest absolute Gasteiger partial charge is 0.201 e. The highest BCUT2D eigenvalue weighted by atomic mass is 16.7. The summed E-state index contributed by atoms with van der Waals surface area (Å²) in [6.45, 7) is 9.20. The van der Waals surface area contributed by atoms with E-state index in [1.54, 1.807) is 0 Å². The largest absolute Gasteiger partial charge is 0.464 e. The van der Waals surface area contributed by atoms with Crippen LogP contribution in [0, 0.1) is 11.3 Å². The maximum absolute atomic E-state index is 7.17. The van der Waals surface area contributed by atoms with Gasteiger partial charge in [0.25, 0.3) is 0 Å². The molecule has 0 aliphatic carbocycles. The summed E-state index contributed by atoms with van der Waals surface area (Å²) in [6, 6.07) is 25.8. The molecule has 2 unspecified atom stereocenters. The summed E-state index contributed by atoms with van der Waals surface area (Å²) >= 11 is 0. The van der Waals surface area contributed by atoms with Gasteiger partial charge >= 0.3 is 0 Å². The Bertz CT molecular complexity index is 1130. The lowest BCUT2D eigenvalue weighted by molar-refractivity contribution is -0.171. The van der Waals surface area contributed by atoms with Gasteiger partial charge in [0.05, 0.1) is 0 Å². The van der Waals surface area contributed by atoms with E-state index in [4.69, 9.17) is 9.47 Å². The van der Waals surface area contributed by atoms with Crippen LogP contribution in [0.3, 0.4) is 0 Å². The van der Waals surface area contributed by atoms with E-state index in [0.29, 0.717) is 5.92 Å². The third kappa shape index (κ3) is 5.39. The number of hydrogen-bond acceptors (Lipinski definition) is 4. The van der Waals surface area contributed by atoms with E-state index in [9.17, 15) is 0 Å². The van der Waals surface area contributed by atoms with Gasteiger partial charge in [-0.2, -0.15) is 0 Å². The predicted octanol–water partition coefficient (Wildman–Crippen LogP) is 7.31. The Labute approximate surface area is 217 Å². The van der Waals surface area contributed by atoms with Crippen molar-refractivity contribution in [1.29, 1.82) is 0 Å². The molecule has 0 aromatic heterocycles. The van der Waals surface area contributed by atoms with Crippen LogP contribution in [-0.4, -0.2) is 34.5 Å². The van der Waals surface area contributed by atoms with Gasteiger partial charge in [-0.1, -0.05) is 70.2 Å². The van der Waals surface area contributed by atoms with Crippen molar-refractivity contribution in [3.05, 3.63) is 89.5 Å². The maximum Gasteiger partial charge on any atom is 0.201 e. The van der Waals surface area contributed by atoms with E-state index in [-0.39, 0.29) is 11.7 Å². The normalized spacial score (nSPS) is 17.6. The molecule has 0 bridgehead atoms. The summed E-state index contributed by atoms with van der Waals surface area (Å²) in [5.41, 5.74) is 4.99. The average molecular weight is 487 g/mol. The first-order valence-electron chi connectivity index (χ1n) is 13.0. The molecule has 3 aromatic rings. The van der Waals surface area contributed by atoms with Gasteiger partial charge in [0.15, 0.2) is 5.60 Å². The number of rotatable bonds is 7. The standard InChI is InChI=1S/C32H42N2O2/c1-23(22-31(2,3)4)19-30-35-29-18-10-9-17-28(29)32(36-30,24-13-11-15-26(20-24)33(5)6)25-14-12-16-27(21-25)34(7)8/h9-18,20-21,23,30H,19,22H2,1-8H3. The molecule has 0 saturated carbocycles. The zero-order chi connectivity index (χ0) is 26.1. The third-order valence-corrected chi connectivity index (χ3v) is 6.93. The number of benzene rings is 3. The molecule has 0 fully saturated rings. The Hall–Kier alpha value is -2.98. The van der Waals surface area contributed by atoms with Crippen LogP contribution in [-0.2, 0) is 10.3 Å². The number of ether oxygens (including phenoxy) is 2. The minimum Gasteiger partial charge on any atom is -0.464 e. The fourth-order valence-corrected chi connectivity index (χ4v) is 5.46. The molecule has 0 saturated heterocycles. The first kappa shape index (κ1) is 26.1.